The molecule has 5 nitrogen and oxygen atoms in total. The van der Waals surface area contributed by atoms with E-state index in [1.807, 2.05) is 32.0 Å². The third-order valence-electron chi connectivity index (χ3n) is 4.44. The van der Waals surface area contributed by atoms with Crippen molar-refractivity contribution in [2.45, 2.75) is 45.8 Å². The van der Waals surface area contributed by atoms with Gasteiger partial charge in [0, 0.05) is 25.6 Å². The molecule has 0 unspecified atom stereocenters. The second-order valence-corrected chi connectivity index (χ2v) is 7.53. The van der Waals surface area contributed by atoms with Crippen molar-refractivity contribution in [3.05, 3.63) is 35.9 Å². The number of benzene rings is 1. The predicted octanol–water partition coefficient (Wildman–Crippen LogP) is 2.86. The highest BCUT2D eigenvalue weighted by molar-refractivity contribution is 5.73. The van der Waals surface area contributed by atoms with E-state index in [0.29, 0.717) is 25.4 Å². The zero-order valence-electron chi connectivity index (χ0n) is 14.9. The Morgan fingerprint density at radius 2 is 2.04 bits per heavy atom. The van der Waals surface area contributed by atoms with Gasteiger partial charge in [0.15, 0.2) is 0 Å². The molecule has 3 atom stereocenters. The summed E-state index contributed by atoms with van der Waals surface area (Å²) in [6, 6.07) is 10.0. The minimum Gasteiger partial charge on any atom is -0.393 e. The first kappa shape index (κ1) is 18.7. The molecule has 2 rings (SSSR count). The Balaban J connectivity index is 1.77. The van der Waals surface area contributed by atoms with Gasteiger partial charge in [-0.1, -0.05) is 44.2 Å². The normalized spacial score (nSPS) is 22.2. The molecule has 1 aromatic rings. The average molecular weight is 334 g/mol. The fourth-order valence-electron chi connectivity index (χ4n) is 3.33. The van der Waals surface area contributed by atoms with Gasteiger partial charge in [-0.05, 0) is 30.7 Å². The lowest BCUT2D eigenvalue weighted by Gasteiger charge is -2.26. The summed E-state index contributed by atoms with van der Waals surface area (Å²) >= 11 is 0. The first-order valence-electron chi connectivity index (χ1n) is 8.74. The Morgan fingerprint density at radius 1 is 1.33 bits per heavy atom. The van der Waals surface area contributed by atoms with Crippen LogP contribution in [0.4, 0.5) is 4.79 Å². The van der Waals surface area contributed by atoms with E-state index in [4.69, 9.17) is 4.74 Å². The highest BCUT2D eigenvalue weighted by Crippen LogP contribution is 2.33. The van der Waals surface area contributed by atoms with Crippen LogP contribution in [0.1, 0.15) is 45.3 Å². The second kappa shape index (κ2) is 8.49. The van der Waals surface area contributed by atoms with Crippen LogP contribution in [0.15, 0.2) is 30.3 Å². The van der Waals surface area contributed by atoms with Gasteiger partial charge in [-0.25, -0.2) is 4.79 Å². The van der Waals surface area contributed by atoms with Crippen LogP contribution in [0.2, 0.25) is 0 Å². The highest BCUT2D eigenvalue weighted by atomic mass is 16.5. The van der Waals surface area contributed by atoms with Gasteiger partial charge in [0.2, 0.25) is 0 Å². The molecular formula is C19H30N2O3. The predicted molar refractivity (Wildman–Crippen MR) is 94.7 cm³/mol. The van der Waals surface area contributed by atoms with Gasteiger partial charge >= 0.3 is 6.03 Å². The number of amides is 2. The van der Waals surface area contributed by atoms with Crippen LogP contribution in [0.25, 0.3) is 0 Å². The molecule has 0 radical (unpaired) electrons. The lowest BCUT2D eigenvalue weighted by Crippen LogP contribution is -2.43. The summed E-state index contributed by atoms with van der Waals surface area (Å²) in [7, 11) is 0. The Labute approximate surface area is 144 Å². The molecule has 1 aliphatic heterocycles. The van der Waals surface area contributed by atoms with Gasteiger partial charge in [-0.3, -0.25) is 0 Å². The molecule has 0 aliphatic carbocycles. The number of hydrogen-bond donors (Lipinski definition) is 3. The van der Waals surface area contributed by atoms with Gasteiger partial charge in [0.05, 0.1) is 12.2 Å². The number of hydrogen-bond acceptors (Lipinski definition) is 3. The molecule has 24 heavy (non-hydrogen) atoms. The quantitative estimate of drug-likeness (QED) is 0.718. The lowest BCUT2D eigenvalue weighted by molar-refractivity contribution is 0.0908. The number of aliphatic hydroxyl groups excluding tert-OH is 1. The molecule has 0 bridgehead atoms. The van der Waals surface area contributed by atoms with Crippen molar-refractivity contribution in [2.24, 2.45) is 11.3 Å². The molecular weight excluding hydrogens is 304 g/mol. The molecule has 1 aliphatic rings. The van der Waals surface area contributed by atoms with Crippen LogP contribution in [-0.2, 0) is 4.74 Å². The summed E-state index contributed by atoms with van der Waals surface area (Å²) in [5, 5.41) is 15.4. The number of carbonyl (C=O) groups is 1. The largest absolute Gasteiger partial charge is 0.393 e. The van der Waals surface area contributed by atoms with E-state index in [1.54, 1.807) is 6.92 Å². The molecule has 5 heteroatoms. The van der Waals surface area contributed by atoms with Crippen molar-refractivity contribution in [3.8, 4) is 0 Å². The monoisotopic (exact) mass is 334 g/mol. The van der Waals surface area contributed by atoms with Crippen molar-refractivity contribution in [3.63, 3.8) is 0 Å². The molecule has 0 spiro atoms. The highest BCUT2D eigenvalue weighted by Gasteiger charge is 2.30. The standard InChI is InChI=1S/C19H30N2O3/c1-14(22)11-19(2,3)13-21-18(23)20-12-16-9-10-24-17(16)15-7-5-4-6-8-15/h4-8,14,16-17,22H,9-13H2,1-3H3,(H2,20,21,23)/t14-,16+,17-/m0/s1. The zero-order chi connectivity index (χ0) is 17.6. The van der Waals surface area contributed by atoms with E-state index in [0.717, 1.165) is 13.0 Å². The summed E-state index contributed by atoms with van der Waals surface area (Å²) < 4.78 is 5.84. The number of urea groups is 1. The minimum atomic E-state index is -0.368. The van der Waals surface area contributed by atoms with Crippen LogP contribution in [0.3, 0.4) is 0 Å². The smallest absolute Gasteiger partial charge is 0.314 e. The van der Waals surface area contributed by atoms with Crippen LogP contribution < -0.4 is 10.6 Å². The van der Waals surface area contributed by atoms with Crippen molar-refractivity contribution in [1.29, 1.82) is 0 Å². The van der Waals surface area contributed by atoms with Crippen molar-refractivity contribution >= 4 is 6.03 Å². The lowest BCUT2D eigenvalue weighted by atomic mass is 9.87. The van der Waals surface area contributed by atoms with Gasteiger partial charge in [-0.15, -0.1) is 0 Å². The van der Waals surface area contributed by atoms with E-state index in [2.05, 4.69) is 22.8 Å². The number of carbonyl (C=O) groups excluding carboxylic acids is 1. The summed E-state index contributed by atoms with van der Waals surface area (Å²) in [6.07, 6.45) is 1.29. The Kier molecular flexibility index (Phi) is 6.63. The molecule has 1 aromatic carbocycles. The maximum Gasteiger partial charge on any atom is 0.314 e. The summed E-state index contributed by atoms with van der Waals surface area (Å²) in [4.78, 5) is 12.0. The Bertz CT molecular complexity index is 517. The first-order chi connectivity index (χ1) is 11.4. The maximum atomic E-state index is 12.0. The van der Waals surface area contributed by atoms with Crippen LogP contribution in [0.5, 0.6) is 0 Å². The van der Waals surface area contributed by atoms with Crippen LogP contribution >= 0.6 is 0 Å². The van der Waals surface area contributed by atoms with E-state index < -0.39 is 0 Å². The molecule has 134 valence electrons. The fourth-order valence-corrected chi connectivity index (χ4v) is 3.33. The first-order valence-corrected chi connectivity index (χ1v) is 8.74. The van der Waals surface area contributed by atoms with E-state index in [9.17, 15) is 9.90 Å². The molecule has 3 N–H and O–H groups in total. The molecule has 1 fully saturated rings. The Morgan fingerprint density at radius 3 is 2.71 bits per heavy atom. The average Bonchev–Trinajstić information content (AvgIpc) is 2.99. The number of aliphatic hydroxyl groups is 1. The van der Waals surface area contributed by atoms with Crippen molar-refractivity contribution in [1.82, 2.24) is 10.6 Å². The molecule has 0 saturated carbocycles. The minimum absolute atomic E-state index is 0.0539. The fraction of sp³-hybridized carbons (Fsp3) is 0.632. The van der Waals surface area contributed by atoms with Crippen molar-refractivity contribution < 1.29 is 14.6 Å². The Hall–Kier alpha value is -1.59. The number of rotatable bonds is 7. The summed E-state index contributed by atoms with van der Waals surface area (Å²) in [5.74, 6) is 0.295. The molecule has 1 heterocycles. The van der Waals surface area contributed by atoms with E-state index >= 15 is 0 Å². The SMILES string of the molecule is C[C@H](O)CC(C)(C)CNC(=O)NC[C@H]1CCO[C@H]1c1ccccc1. The van der Waals surface area contributed by atoms with Crippen LogP contribution in [-0.4, -0.2) is 36.9 Å². The maximum absolute atomic E-state index is 12.0. The number of nitrogens with one attached hydrogen (secondary N) is 2. The third-order valence-corrected chi connectivity index (χ3v) is 4.44. The van der Waals surface area contributed by atoms with Gasteiger partial charge in [0.25, 0.3) is 0 Å². The van der Waals surface area contributed by atoms with Gasteiger partial charge in [-0.2, -0.15) is 0 Å². The molecule has 0 aromatic heterocycles. The third kappa shape index (κ3) is 5.80. The van der Waals surface area contributed by atoms with Gasteiger partial charge in [0.1, 0.15) is 0 Å². The van der Waals surface area contributed by atoms with Crippen LogP contribution in [0, 0.1) is 11.3 Å². The molecule has 2 amide bonds. The summed E-state index contributed by atoms with van der Waals surface area (Å²) in [5.41, 5.74) is 1.04. The van der Waals surface area contributed by atoms with Crippen molar-refractivity contribution in [2.75, 3.05) is 19.7 Å². The summed E-state index contributed by atoms with van der Waals surface area (Å²) in [6.45, 7) is 7.71. The van der Waals surface area contributed by atoms with Gasteiger partial charge < -0.3 is 20.5 Å². The van der Waals surface area contributed by atoms with E-state index in [1.165, 1.54) is 5.56 Å². The topological polar surface area (TPSA) is 70.6 Å². The van der Waals surface area contributed by atoms with E-state index in [-0.39, 0.29) is 23.7 Å². The zero-order valence-corrected chi connectivity index (χ0v) is 14.9. The number of ether oxygens (including phenoxy) is 1. The molecule has 1 saturated heterocycles. The second-order valence-electron chi connectivity index (χ2n) is 7.53.